The van der Waals surface area contributed by atoms with Gasteiger partial charge in [0, 0.05) is 11.1 Å². The Morgan fingerprint density at radius 1 is 1.00 bits per heavy atom. The number of halogens is 1. The minimum atomic E-state index is -0.381. The largest absolute Gasteiger partial charge is 0.426 e. The van der Waals surface area contributed by atoms with E-state index in [1.807, 2.05) is 6.92 Å². The smallest absolute Gasteiger partial charge is 0.314 e. The lowest BCUT2D eigenvalue weighted by atomic mass is 10.0. The van der Waals surface area contributed by atoms with Crippen LogP contribution in [0.1, 0.15) is 29.3 Å². The van der Waals surface area contributed by atoms with Gasteiger partial charge in [-0.2, -0.15) is 0 Å². The predicted molar refractivity (Wildman–Crippen MR) is 79.2 cm³/mol. The van der Waals surface area contributed by atoms with Crippen LogP contribution >= 0.6 is 0 Å². The summed E-state index contributed by atoms with van der Waals surface area (Å²) < 4.78 is 18.1. The van der Waals surface area contributed by atoms with Gasteiger partial charge in [0.05, 0.1) is 5.92 Å². The van der Waals surface area contributed by atoms with Crippen molar-refractivity contribution in [1.82, 2.24) is 0 Å². The molecule has 0 amide bonds. The number of rotatable bonds is 4. The second kappa shape index (κ2) is 5.72. The Morgan fingerprint density at radius 3 is 2.00 bits per heavy atom. The maximum atomic E-state index is 12.9. The molecule has 1 aliphatic carbocycles. The Balaban J connectivity index is 1.69. The van der Waals surface area contributed by atoms with E-state index in [-0.39, 0.29) is 23.5 Å². The molecule has 0 aliphatic heterocycles. The second-order valence-corrected chi connectivity index (χ2v) is 5.60. The van der Waals surface area contributed by atoms with Gasteiger partial charge in [0.25, 0.3) is 0 Å². The molecule has 0 bridgehead atoms. The van der Waals surface area contributed by atoms with Crippen LogP contribution in [0.15, 0.2) is 48.5 Å². The van der Waals surface area contributed by atoms with Gasteiger partial charge in [-0.25, -0.2) is 4.39 Å². The summed E-state index contributed by atoms with van der Waals surface area (Å²) in [6, 6.07) is 11.8. The van der Waals surface area contributed by atoms with Crippen LogP contribution in [0.2, 0.25) is 0 Å². The molecule has 1 fully saturated rings. The van der Waals surface area contributed by atoms with Gasteiger partial charge in [0.2, 0.25) is 0 Å². The molecule has 3 nitrogen and oxygen atoms in total. The Morgan fingerprint density at radius 2 is 1.50 bits per heavy atom. The van der Waals surface area contributed by atoms with Gasteiger partial charge in [0.1, 0.15) is 11.6 Å². The van der Waals surface area contributed by atoms with E-state index in [1.54, 1.807) is 24.3 Å². The van der Waals surface area contributed by atoms with E-state index in [0.717, 1.165) is 6.42 Å². The molecule has 112 valence electrons. The van der Waals surface area contributed by atoms with Crippen molar-refractivity contribution in [3.63, 3.8) is 0 Å². The van der Waals surface area contributed by atoms with Crippen LogP contribution in [-0.4, -0.2) is 11.8 Å². The summed E-state index contributed by atoms with van der Waals surface area (Å²) in [5.41, 5.74) is 0.879. The Kier molecular flexibility index (Phi) is 3.75. The van der Waals surface area contributed by atoms with Crippen LogP contribution in [0.3, 0.4) is 0 Å². The molecular formula is C18H15FO3. The number of ketones is 1. The van der Waals surface area contributed by atoms with E-state index in [4.69, 9.17) is 4.74 Å². The van der Waals surface area contributed by atoms with E-state index in [9.17, 15) is 14.0 Å². The molecule has 2 aromatic rings. The quantitative estimate of drug-likeness (QED) is 0.492. The summed E-state index contributed by atoms with van der Waals surface area (Å²) >= 11 is 0. The first-order valence-corrected chi connectivity index (χ1v) is 7.16. The van der Waals surface area contributed by atoms with Crippen molar-refractivity contribution in [3.05, 3.63) is 65.5 Å². The average Bonchev–Trinajstić information content (AvgIpc) is 3.25. The molecule has 0 spiro atoms. The van der Waals surface area contributed by atoms with Crippen molar-refractivity contribution in [2.75, 3.05) is 0 Å². The summed E-state index contributed by atoms with van der Waals surface area (Å²) in [5.74, 6) is 0.0269. The maximum absolute atomic E-state index is 12.9. The first-order valence-electron chi connectivity index (χ1n) is 7.16. The lowest BCUT2D eigenvalue weighted by molar-refractivity contribution is -0.136. The molecule has 2 unspecified atom stereocenters. The van der Waals surface area contributed by atoms with E-state index < -0.39 is 0 Å². The summed E-state index contributed by atoms with van der Waals surface area (Å²) in [6.07, 6.45) is 0.875. The van der Waals surface area contributed by atoms with Gasteiger partial charge < -0.3 is 4.74 Å². The summed E-state index contributed by atoms with van der Waals surface area (Å²) in [4.78, 5) is 24.0. The van der Waals surface area contributed by atoms with Crippen LogP contribution in [0.5, 0.6) is 5.75 Å². The molecule has 22 heavy (non-hydrogen) atoms. The van der Waals surface area contributed by atoms with E-state index >= 15 is 0 Å². The molecule has 3 rings (SSSR count). The van der Waals surface area contributed by atoms with Crippen LogP contribution in [0.25, 0.3) is 0 Å². The highest BCUT2D eigenvalue weighted by Gasteiger charge is 2.40. The van der Waals surface area contributed by atoms with Crippen LogP contribution in [-0.2, 0) is 4.79 Å². The van der Waals surface area contributed by atoms with E-state index in [0.29, 0.717) is 22.8 Å². The standard InChI is InChI=1S/C18H15FO3/c1-11-10-16(11)18(21)22-15-8-4-13(5-9-15)17(20)12-2-6-14(19)7-3-12/h2-9,11,16H,10H2,1H3. The SMILES string of the molecule is CC1CC1C(=O)Oc1ccc(C(=O)c2ccc(F)cc2)cc1. The molecular weight excluding hydrogens is 283 g/mol. The fourth-order valence-electron chi connectivity index (χ4n) is 2.28. The molecule has 0 aromatic heterocycles. The van der Waals surface area contributed by atoms with Gasteiger partial charge in [-0.05, 0) is 60.9 Å². The summed E-state index contributed by atoms with van der Waals surface area (Å²) in [5, 5.41) is 0. The third-order valence-electron chi connectivity index (χ3n) is 3.85. The monoisotopic (exact) mass is 298 g/mol. The van der Waals surface area contributed by atoms with Crippen molar-refractivity contribution < 1.29 is 18.7 Å². The number of hydrogen-bond acceptors (Lipinski definition) is 3. The number of hydrogen-bond donors (Lipinski definition) is 0. The molecule has 4 heteroatoms. The summed E-state index contributed by atoms with van der Waals surface area (Å²) in [6.45, 7) is 2.01. The molecule has 2 atom stereocenters. The first kappa shape index (κ1) is 14.4. The van der Waals surface area contributed by atoms with Crippen LogP contribution < -0.4 is 4.74 Å². The zero-order valence-electron chi connectivity index (χ0n) is 12.1. The van der Waals surface area contributed by atoms with Crippen molar-refractivity contribution >= 4 is 11.8 Å². The topological polar surface area (TPSA) is 43.4 Å². The molecule has 0 saturated heterocycles. The Hall–Kier alpha value is -2.49. The first-order chi connectivity index (χ1) is 10.5. The Labute approximate surface area is 127 Å². The van der Waals surface area contributed by atoms with Crippen molar-refractivity contribution in [1.29, 1.82) is 0 Å². The van der Waals surface area contributed by atoms with Gasteiger partial charge in [-0.3, -0.25) is 9.59 Å². The lowest BCUT2D eigenvalue weighted by Gasteiger charge is -2.05. The molecule has 0 heterocycles. The zero-order chi connectivity index (χ0) is 15.7. The van der Waals surface area contributed by atoms with Gasteiger partial charge in [0.15, 0.2) is 5.78 Å². The van der Waals surface area contributed by atoms with E-state index in [2.05, 4.69) is 0 Å². The zero-order valence-corrected chi connectivity index (χ0v) is 12.1. The molecule has 1 aliphatic rings. The van der Waals surface area contributed by atoms with Crippen molar-refractivity contribution in [2.45, 2.75) is 13.3 Å². The predicted octanol–water partition coefficient (Wildman–Crippen LogP) is 3.62. The molecule has 0 radical (unpaired) electrons. The highest BCUT2D eigenvalue weighted by Crippen LogP contribution is 2.38. The highest BCUT2D eigenvalue weighted by molar-refractivity contribution is 6.09. The van der Waals surface area contributed by atoms with Gasteiger partial charge >= 0.3 is 5.97 Å². The number of ether oxygens (including phenoxy) is 1. The normalized spacial score (nSPS) is 19.5. The third-order valence-corrected chi connectivity index (χ3v) is 3.85. The molecule has 0 N–H and O–H groups in total. The third kappa shape index (κ3) is 3.06. The summed E-state index contributed by atoms with van der Waals surface area (Å²) in [7, 11) is 0. The minimum absolute atomic E-state index is 0.000485. The molecule has 1 saturated carbocycles. The fourth-order valence-corrected chi connectivity index (χ4v) is 2.28. The Bertz CT molecular complexity index is 704. The van der Waals surface area contributed by atoms with Crippen molar-refractivity contribution in [2.24, 2.45) is 11.8 Å². The lowest BCUT2D eigenvalue weighted by Crippen LogP contribution is -2.11. The number of benzene rings is 2. The number of carbonyl (C=O) groups is 2. The highest BCUT2D eigenvalue weighted by atomic mass is 19.1. The second-order valence-electron chi connectivity index (χ2n) is 5.60. The van der Waals surface area contributed by atoms with Crippen molar-refractivity contribution in [3.8, 4) is 5.75 Å². The van der Waals surface area contributed by atoms with E-state index in [1.165, 1.54) is 24.3 Å². The minimum Gasteiger partial charge on any atom is -0.426 e. The molecule has 2 aromatic carbocycles. The number of esters is 1. The number of carbonyl (C=O) groups excluding carboxylic acids is 2. The van der Waals surface area contributed by atoms with Gasteiger partial charge in [-0.1, -0.05) is 6.92 Å². The maximum Gasteiger partial charge on any atom is 0.314 e. The van der Waals surface area contributed by atoms with Gasteiger partial charge in [-0.15, -0.1) is 0 Å². The van der Waals surface area contributed by atoms with Crippen LogP contribution in [0, 0.1) is 17.7 Å². The van der Waals surface area contributed by atoms with Crippen LogP contribution in [0.4, 0.5) is 4.39 Å². The fraction of sp³-hybridized carbons (Fsp3) is 0.222. The average molecular weight is 298 g/mol.